The highest BCUT2D eigenvalue weighted by atomic mass is 79.9. The van der Waals surface area contributed by atoms with E-state index >= 15 is 0 Å². The van der Waals surface area contributed by atoms with Crippen molar-refractivity contribution in [2.24, 2.45) is 0 Å². The van der Waals surface area contributed by atoms with Crippen LogP contribution >= 0.6 is 27.3 Å². The minimum absolute atomic E-state index is 0.431. The lowest BCUT2D eigenvalue weighted by Crippen LogP contribution is -2.16. The predicted molar refractivity (Wildman–Crippen MR) is 88.8 cm³/mol. The van der Waals surface area contributed by atoms with E-state index in [9.17, 15) is 4.79 Å². The molecule has 0 fully saturated rings. The van der Waals surface area contributed by atoms with E-state index in [4.69, 9.17) is 9.84 Å². The third-order valence-electron chi connectivity index (χ3n) is 2.89. The third kappa shape index (κ3) is 4.12. The van der Waals surface area contributed by atoms with Gasteiger partial charge >= 0.3 is 6.09 Å². The smallest absolute Gasteiger partial charge is 0.409 e. The van der Waals surface area contributed by atoms with Crippen LogP contribution in [0.2, 0.25) is 0 Å². The Hall–Kier alpha value is -1.73. The van der Waals surface area contributed by atoms with Crippen molar-refractivity contribution >= 4 is 44.7 Å². The zero-order valence-electron chi connectivity index (χ0n) is 11.6. The van der Waals surface area contributed by atoms with Gasteiger partial charge in [0.15, 0.2) is 0 Å². The van der Waals surface area contributed by atoms with Crippen LogP contribution in [0.1, 0.15) is 4.88 Å². The van der Waals surface area contributed by atoms with E-state index in [1.807, 2.05) is 25.2 Å². The van der Waals surface area contributed by atoms with E-state index in [2.05, 4.69) is 32.2 Å². The molecule has 1 heterocycles. The maximum Gasteiger partial charge on any atom is 0.409 e. The SMILES string of the molecule is COc1cc(N(C)Cc2ccc(Br)s2)ccc1NC(=O)O. The molecule has 0 bridgehead atoms. The second-order valence-electron chi connectivity index (χ2n) is 4.38. The molecule has 2 aromatic rings. The summed E-state index contributed by atoms with van der Waals surface area (Å²) in [6, 6.07) is 9.46. The Morgan fingerprint density at radius 1 is 1.43 bits per heavy atom. The molecule has 0 spiro atoms. The lowest BCUT2D eigenvalue weighted by Gasteiger charge is -2.20. The van der Waals surface area contributed by atoms with Gasteiger partial charge in [-0.25, -0.2) is 4.79 Å². The molecule has 21 heavy (non-hydrogen) atoms. The molecular formula is C14H15BrN2O3S. The summed E-state index contributed by atoms with van der Waals surface area (Å²) in [6.45, 7) is 0.769. The first-order valence-corrected chi connectivity index (χ1v) is 7.74. The Kier molecular flexibility index (Phi) is 5.08. The van der Waals surface area contributed by atoms with Crippen molar-refractivity contribution in [2.45, 2.75) is 6.54 Å². The molecule has 112 valence electrons. The topological polar surface area (TPSA) is 61.8 Å². The van der Waals surface area contributed by atoms with Crippen LogP contribution in [0.15, 0.2) is 34.1 Å². The van der Waals surface area contributed by atoms with Crippen molar-refractivity contribution < 1.29 is 14.6 Å². The van der Waals surface area contributed by atoms with Crippen LogP contribution in [0.4, 0.5) is 16.2 Å². The van der Waals surface area contributed by atoms with Crippen molar-refractivity contribution in [3.63, 3.8) is 0 Å². The number of hydrogen-bond acceptors (Lipinski definition) is 4. The second-order valence-corrected chi connectivity index (χ2v) is 6.92. The molecule has 0 saturated heterocycles. The number of halogens is 1. The van der Waals surface area contributed by atoms with Gasteiger partial charge in [0.2, 0.25) is 0 Å². The Morgan fingerprint density at radius 3 is 2.76 bits per heavy atom. The van der Waals surface area contributed by atoms with Gasteiger partial charge in [0.05, 0.1) is 23.1 Å². The quantitative estimate of drug-likeness (QED) is 0.825. The van der Waals surface area contributed by atoms with Crippen LogP contribution in [-0.4, -0.2) is 25.4 Å². The molecule has 7 heteroatoms. The number of ether oxygens (including phenoxy) is 1. The summed E-state index contributed by atoms with van der Waals surface area (Å²) in [6.07, 6.45) is -1.11. The first kappa shape index (κ1) is 15.7. The lowest BCUT2D eigenvalue weighted by molar-refractivity contribution is 0.209. The number of nitrogens with one attached hydrogen (secondary N) is 1. The van der Waals surface area contributed by atoms with Crippen molar-refractivity contribution in [1.82, 2.24) is 0 Å². The van der Waals surface area contributed by atoms with Crippen molar-refractivity contribution in [3.05, 3.63) is 39.0 Å². The Labute approximate surface area is 135 Å². The summed E-state index contributed by atoms with van der Waals surface area (Å²) in [7, 11) is 3.50. The molecule has 0 unspecified atom stereocenters. The number of hydrogen-bond donors (Lipinski definition) is 2. The summed E-state index contributed by atoms with van der Waals surface area (Å²) in [4.78, 5) is 14.0. The molecule has 0 atom stereocenters. The van der Waals surface area contributed by atoms with Crippen LogP contribution in [0, 0.1) is 0 Å². The van der Waals surface area contributed by atoms with E-state index < -0.39 is 6.09 Å². The van der Waals surface area contributed by atoms with E-state index in [-0.39, 0.29) is 0 Å². The van der Waals surface area contributed by atoms with Gasteiger partial charge in [-0.1, -0.05) is 0 Å². The molecular weight excluding hydrogens is 356 g/mol. The molecule has 0 saturated carbocycles. The van der Waals surface area contributed by atoms with Gasteiger partial charge in [0, 0.05) is 23.7 Å². The monoisotopic (exact) mass is 370 g/mol. The molecule has 1 amide bonds. The largest absolute Gasteiger partial charge is 0.494 e. The molecule has 2 N–H and O–H groups in total. The van der Waals surface area contributed by atoms with Gasteiger partial charge < -0.3 is 14.7 Å². The molecule has 0 aliphatic rings. The molecule has 0 aliphatic heterocycles. The highest BCUT2D eigenvalue weighted by molar-refractivity contribution is 9.11. The maximum absolute atomic E-state index is 10.7. The number of carbonyl (C=O) groups is 1. The summed E-state index contributed by atoms with van der Waals surface area (Å²) >= 11 is 5.14. The zero-order valence-corrected chi connectivity index (χ0v) is 14.0. The van der Waals surface area contributed by atoms with Gasteiger partial charge in [0.25, 0.3) is 0 Å². The maximum atomic E-state index is 10.7. The molecule has 0 radical (unpaired) electrons. The standard InChI is InChI=1S/C14H15BrN2O3S/c1-17(8-10-4-6-13(15)21-10)9-3-5-11(16-14(18)19)12(7-9)20-2/h3-7,16H,8H2,1-2H3,(H,18,19). The minimum atomic E-state index is -1.11. The predicted octanol–water partition coefficient (Wildman–Crippen LogP) is 4.25. The fraction of sp³-hybridized carbons (Fsp3) is 0.214. The number of nitrogens with zero attached hydrogens (tertiary/aromatic N) is 1. The van der Waals surface area contributed by atoms with Crippen molar-refractivity contribution in [2.75, 3.05) is 24.4 Å². The van der Waals surface area contributed by atoms with Gasteiger partial charge in [-0.2, -0.15) is 0 Å². The van der Waals surface area contributed by atoms with Crippen LogP contribution < -0.4 is 15.0 Å². The minimum Gasteiger partial charge on any atom is -0.494 e. The summed E-state index contributed by atoms with van der Waals surface area (Å²) in [5, 5.41) is 11.1. The van der Waals surface area contributed by atoms with E-state index in [1.54, 1.807) is 17.4 Å². The number of carboxylic acid groups (broad SMARTS) is 1. The Morgan fingerprint density at radius 2 is 2.19 bits per heavy atom. The normalized spacial score (nSPS) is 10.2. The van der Waals surface area contributed by atoms with E-state index in [1.165, 1.54) is 12.0 Å². The Balaban J connectivity index is 2.17. The second kappa shape index (κ2) is 6.82. The average molecular weight is 371 g/mol. The van der Waals surface area contributed by atoms with Crippen LogP contribution in [0.3, 0.4) is 0 Å². The van der Waals surface area contributed by atoms with Gasteiger partial charge in [0.1, 0.15) is 5.75 Å². The molecule has 2 rings (SSSR count). The van der Waals surface area contributed by atoms with Crippen LogP contribution in [0.5, 0.6) is 5.75 Å². The summed E-state index contributed by atoms with van der Waals surface area (Å²) in [5.41, 5.74) is 1.38. The fourth-order valence-corrected chi connectivity index (χ4v) is 3.43. The van der Waals surface area contributed by atoms with Gasteiger partial charge in [-0.05, 0) is 40.2 Å². The number of thiophene rings is 1. The summed E-state index contributed by atoms with van der Waals surface area (Å²) < 4.78 is 6.34. The van der Waals surface area contributed by atoms with Gasteiger partial charge in [-0.15, -0.1) is 11.3 Å². The Bertz CT molecular complexity index is 645. The van der Waals surface area contributed by atoms with Crippen LogP contribution in [-0.2, 0) is 6.54 Å². The average Bonchev–Trinajstić information content (AvgIpc) is 2.83. The number of anilines is 2. The summed E-state index contributed by atoms with van der Waals surface area (Å²) in [5.74, 6) is 0.495. The number of amides is 1. The molecule has 1 aromatic carbocycles. The first-order chi connectivity index (χ1) is 9.99. The fourth-order valence-electron chi connectivity index (χ4n) is 1.90. The highest BCUT2D eigenvalue weighted by Crippen LogP contribution is 2.31. The number of methoxy groups -OCH3 is 1. The van der Waals surface area contributed by atoms with Crippen molar-refractivity contribution in [3.8, 4) is 5.75 Å². The third-order valence-corrected chi connectivity index (χ3v) is 4.50. The van der Waals surface area contributed by atoms with Gasteiger partial charge in [-0.3, -0.25) is 5.32 Å². The molecule has 5 nitrogen and oxygen atoms in total. The first-order valence-electron chi connectivity index (χ1n) is 6.13. The lowest BCUT2D eigenvalue weighted by atomic mass is 10.2. The van der Waals surface area contributed by atoms with E-state index in [0.29, 0.717) is 11.4 Å². The number of benzene rings is 1. The van der Waals surface area contributed by atoms with Crippen LogP contribution in [0.25, 0.3) is 0 Å². The highest BCUT2D eigenvalue weighted by Gasteiger charge is 2.10. The molecule has 1 aromatic heterocycles. The van der Waals surface area contributed by atoms with E-state index in [0.717, 1.165) is 16.0 Å². The molecule has 0 aliphatic carbocycles. The number of rotatable bonds is 5. The zero-order chi connectivity index (χ0) is 15.4. The van der Waals surface area contributed by atoms with Crippen molar-refractivity contribution in [1.29, 1.82) is 0 Å².